The SMILES string of the molecule is CCCCCC1CCC(c2ccc(-c3ccc(C4CCC(CC)CC4)nn3)cc2)CC1. The summed E-state index contributed by atoms with van der Waals surface area (Å²) in [6.07, 6.45) is 17.8. The number of aromatic nitrogens is 2. The second kappa shape index (κ2) is 11.2. The first-order valence-electron chi connectivity index (χ1n) is 13.2. The summed E-state index contributed by atoms with van der Waals surface area (Å²) in [4.78, 5) is 0. The maximum atomic E-state index is 4.63. The van der Waals surface area contributed by atoms with Gasteiger partial charge in [0, 0.05) is 11.5 Å². The molecule has 1 aromatic heterocycles. The molecule has 0 unspecified atom stereocenters. The summed E-state index contributed by atoms with van der Waals surface area (Å²) in [6, 6.07) is 13.6. The van der Waals surface area contributed by atoms with Gasteiger partial charge in [0.2, 0.25) is 0 Å². The summed E-state index contributed by atoms with van der Waals surface area (Å²) < 4.78 is 0. The molecule has 0 atom stereocenters. The minimum Gasteiger partial charge on any atom is -0.155 e. The van der Waals surface area contributed by atoms with E-state index in [1.165, 1.54) is 100 Å². The average molecular weight is 419 g/mol. The standard InChI is InChI=1S/C29H42N2/c1-3-5-6-7-23-10-12-24(13-11-23)25-16-18-27(19-17-25)29-21-20-28(30-31-29)26-14-8-22(4-2)9-15-26/h16-24,26H,3-15H2,1-2H3. The van der Waals surface area contributed by atoms with Crippen LogP contribution < -0.4 is 0 Å². The highest BCUT2D eigenvalue weighted by Gasteiger charge is 2.23. The van der Waals surface area contributed by atoms with Gasteiger partial charge in [-0.25, -0.2) is 0 Å². The van der Waals surface area contributed by atoms with Crippen LogP contribution in [0.15, 0.2) is 36.4 Å². The summed E-state index contributed by atoms with van der Waals surface area (Å²) in [5, 5.41) is 9.23. The third-order valence-corrected chi connectivity index (χ3v) is 8.27. The lowest BCUT2D eigenvalue weighted by atomic mass is 9.77. The largest absolute Gasteiger partial charge is 0.155 e. The number of benzene rings is 1. The summed E-state index contributed by atoms with van der Waals surface area (Å²) in [5.74, 6) is 3.28. The van der Waals surface area contributed by atoms with Crippen LogP contribution in [0.2, 0.25) is 0 Å². The molecule has 0 amide bonds. The minimum atomic E-state index is 0.615. The number of rotatable bonds is 8. The number of nitrogens with zero attached hydrogens (tertiary/aromatic N) is 2. The minimum absolute atomic E-state index is 0.615. The maximum absolute atomic E-state index is 4.63. The Morgan fingerprint density at radius 1 is 0.677 bits per heavy atom. The van der Waals surface area contributed by atoms with E-state index in [1.807, 2.05) is 0 Å². The van der Waals surface area contributed by atoms with Crippen molar-refractivity contribution in [3.8, 4) is 11.3 Å². The highest BCUT2D eigenvalue weighted by Crippen LogP contribution is 2.39. The van der Waals surface area contributed by atoms with Gasteiger partial charge in [0.1, 0.15) is 0 Å². The molecule has 0 bridgehead atoms. The molecule has 2 saturated carbocycles. The molecule has 2 aliphatic rings. The van der Waals surface area contributed by atoms with E-state index in [2.05, 4.69) is 60.4 Å². The third kappa shape index (κ3) is 5.96. The smallest absolute Gasteiger partial charge is 0.0929 e. The van der Waals surface area contributed by atoms with Crippen molar-refractivity contribution in [2.24, 2.45) is 11.8 Å². The van der Waals surface area contributed by atoms with Gasteiger partial charge in [-0.05, 0) is 86.8 Å². The van der Waals surface area contributed by atoms with E-state index in [0.29, 0.717) is 5.92 Å². The van der Waals surface area contributed by atoms with Gasteiger partial charge < -0.3 is 0 Å². The van der Waals surface area contributed by atoms with Crippen LogP contribution in [0.25, 0.3) is 11.3 Å². The zero-order chi connectivity index (χ0) is 21.5. The lowest BCUT2D eigenvalue weighted by Gasteiger charge is -2.29. The van der Waals surface area contributed by atoms with Gasteiger partial charge >= 0.3 is 0 Å². The van der Waals surface area contributed by atoms with E-state index in [-0.39, 0.29) is 0 Å². The third-order valence-electron chi connectivity index (χ3n) is 8.27. The number of hydrogen-bond donors (Lipinski definition) is 0. The fourth-order valence-corrected chi connectivity index (χ4v) is 5.97. The molecule has 0 spiro atoms. The molecule has 0 saturated heterocycles. The van der Waals surface area contributed by atoms with Crippen molar-refractivity contribution < 1.29 is 0 Å². The van der Waals surface area contributed by atoms with Crippen molar-refractivity contribution in [2.75, 3.05) is 0 Å². The fourth-order valence-electron chi connectivity index (χ4n) is 5.97. The van der Waals surface area contributed by atoms with E-state index in [1.54, 1.807) is 0 Å². The molecule has 2 fully saturated rings. The summed E-state index contributed by atoms with van der Waals surface area (Å²) in [5.41, 5.74) is 4.93. The van der Waals surface area contributed by atoms with Crippen LogP contribution in [0.1, 0.15) is 120 Å². The molecule has 2 aliphatic carbocycles. The summed E-state index contributed by atoms with van der Waals surface area (Å²) >= 11 is 0. The molecule has 1 heterocycles. The molecule has 0 radical (unpaired) electrons. The van der Waals surface area contributed by atoms with Gasteiger partial charge in [0.25, 0.3) is 0 Å². The molecular weight excluding hydrogens is 376 g/mol. The van der Waals surface area contributed by atoms with Crippen LogP contribution in [0.3, 0.4) is 0 Å². The summed E-state index contributed by atoms with van der Waals surface area (Å²) in [7, 11) is 0. The Labute approximate surface area is 190 Å². The molecule has 31 heavy (non-hydrogen) atoms. The van der Waals surface area contributed by atoms with E-state index in [0.717, 1.165) is 23.4 Å². The monoisotopic (exact) mass is 418 g/mol. The van der Waals surface area contributed by atoms with Crippen LogP contribution in [-0.2, 0) is 0 Å². The first-order valence-corrected chi connectivity index (χ1v) is 13.2. The molecule has 2 aromatic rings. The number of unbranched alkanes of at least 4 members (excludes halogenated alkanes) is 2. The van der Waals surface area contributed by atoms with E-state index >= 15 is 0 Å². The molecule has 0 aliphatic heterocycles. The van der Waals surface area contributed by atoms with Gasteiger partial charge in [-0.2, -0.15) is 10.2 Å². The van der Waals surface area contributed by atoms with Crippen LogP contribution in [0.4, 0.5) is 0 Å². The number of hydrogen-bond acceptors (Lipinski definition) is 2. The Hall–Kier alpha value is -1.70. The summed E-state index contributed by atoms with van der Waals surface area (Å²) in [6.45, 7) is 4.63. The van der Waals surface area contributed by atoms with E-state index in [4.69, 9.17) is 0 Å². The first kappa shape index (κ1) is 22.5. The quantitative estimate of drug-likeness (QED) is 0.401. The van der Waals surface area contributed by atoms with Gasteiger partial charge in [-0.3, -0.25) is 0 Å². The van der Waals surface area contributed by atoms with Crippen molar-refractivity contribution in [3.05, 3.63) is 47.7 Å². The van der Waals surface area contributed by atoms with Crippen molar-refractivity contribution in [2.45, 2.75) is 109 Å². The van der Waals surface area contributed by atoms with Gasteiger partial charge in [0.05, 0.1) is 11.4 Å². The lowest BCUT2D eigenvalue weighted by Crippen LogP contribution is -2.14. The molecule has 168 valence electrons. The topological polar surface area (TPSA) is 25.8 Å². The predicted octanol–water partition coefficient (Wildman–Crippen LogP) is 8.68. The highest BCUT2D eigenvalue weighted by atomic mass is 15.1. The van der Waals surface area contributed by atoms with Gasteiger partial charge in [-0.1, -0.05) is 70.2 Å². The zero-order valence-electron chi connectivity index (χ0n) is 19.9. The van der Waals surface area contributed by atoms with Crippen LogP contribution in [0.5, 0.6) is 0 Å². The first-order chi connectivity index (χ1) is 15.3. The predicted molar refractivity (Wildman–Crippen MR) is 131 cm³/mol. The van der Waals surface area contributed by atoms with Crippen molar-refractivity contribution in [1.82, 2.24) is 10.2 Å². The fraction of sp³-hybridized carbons (Fsp3) is 0.655. The lowest BCUT2D eigenvalue weighted by molar-refractivity contribution is 0.303. The van der Waals surface area contributed by atoms with Crippen molar-refractivity contribution in [1.29, 1.82) is 0 Å². The van der Waals surface area contributed by atoms with Gasteiger partial charge in [0.15, 0.2) is 0 Å². The Kier molecular flexibility index (Phi) is 8.16. The average Bonchev–Trinajstić information content (AvgIpc) is 2.85. The molecular formula is C29H42N2. The van der Waals surface area contributed by atoms with Gasteiger partial charge in [-0.15, -0.1) is 0 Å². The second-order valence-electron chi connectivity index (χ2n) is 10.3. The molecule has 1 aromatic carbocycles. The van der Waals surface area contributed by atoms with Crippen LogP contribution in [-0.4, -0.2) is 10.2 Å². The molecule has 2 heteroatoms. The van der Waals surface area contributed by atoms with Crippen LogP contribution in [0, 0.1) is 11.8 Å². The van der Waals surface area contributed by atoms with Crippen LogP contribution >= 0.6 is 0 Å². The highest BCUT2D eigenvalue weighted by molar-refractivity contribution is 5.59. The normalized spacial score (nSPS) is 26.6. The Morgan fingerprint density at radius 2 is 1.35 bits per heavy atom. The van der Waals surface area contributed by atoms with E-state index < -0.39 is 0 Å². The Bertz CT molecular complexity index is 763. The maximum Gasteiger partial charge on any atom is 0.0929 e. The molecule has 2 nitrogen and oxygen atoms in total. The Balaban J connectivity index is 1.30. The van der Waals surface area contributed by atoms with Crippen molar-refractivity contribution >= 4 is 0 Å². The van der Waals surface area contributed by atoms with Crippen molar-refractivity contribution in [3.63, 3.8) is 0 Å². The molecule has 0 N–H and O–H groups in total. The second-order valence-corrected chi connectivity index (χ2v) is 10.3. The zero-order valence-corrected chi connectivity index (χ0v) is 19.9. The molecule has 4 rings (SSSR count). The van der Waals surface area contributed by atoms with E-state index in [9.17, 15) is 0 Å². The Morgan fingerprint density at radius 3 is 1.97 bits per heavy atom.